The van der Waals surface area contributed by atoms with Crippen molar-refractivity contribution in [1.29, 1.82) is 0 Å². The minimum absolute atomic E-state index is 0.0306. The SMILES string of the molecule is CCCOc1ccc(CCNC(=O)N2CCN3C(=O)OC[C@H]3C2)cc1OC. The number of piperazine rings is 1. The molecule has 3 amide bonds. The average Bonchev–Trinajstić information content (AvgIpc) is 3.07. The Labute approximate surface area is 159 Å². The fourth-order valence-corrected chi connectivity index (χ4v) is 3.30. The third-order valence-electron chi connectivity index (χ3n) is 4.78. The fraction of sp³-hybridized carbons (Fsp3) is 0.579. The average molecular weight is 377 g/mol. The van der Waals surface area contributed by atoms with Gasteiger partial charge in [0.05, 0.1) is 19.8 Å². The zero-order valence-electron chi connectivity index (χ0n) is 15.9. The lowest BCUT2D eigenvalue weighted by Crippen LogP contribution is -2.56. The molecule has 1 aromatic carbocycles. The van der Waals surface area contributed by atoms with Gasteiger partial charge in [0, 0.05) is 26.2 Å². The van der Waals surface area contributed by atoms with E-state index in [4.69, 9.17) is 14.2 Å². The zero-order chi connectivity index (χ0) is 19.2. The molecule has 0 unspecified atom stereocenters. The number of hydrogen-bond donors (Lipinski definition) is 1. The summed E-state index contributed by atoms with van der Waals surface area (Å²) in [5.74, 6) is 1.44. The maximum atomic E-state index is 12.4. The van der Waals surface area contributed by atoms with Crippen LogP contribution in [0.1, 0.15) is 18.9 Å². The van der Waals surface area contributed by atoms with Crippen LogP contribution in [0, 0.1) is 0 Å². The number of fused-ring (bicyclic) bond motifs is 1. The quantitative estimate of drug-likeness (QED) is 0.785. The van der Waals surface area contributed by atoms with Crippen molar-refractivity contribution in [2.45, 2.75) is 25.8 Å². The van der Waals surface area contributed by atoms with Crippen LogP contribution in [-0.4, -0.2) is 74.5 Å². The van der Waals surface area contributed by atoms with Crippen molar-refractivity contribution in [1.82, 2.24) is 15.1 Å². The maximum absolute atomic E-state index is 12.4. The second-order valence-electron chi connectivity index (χ2n) is 6.69. The number of nitrogens with one attached hydrogen (secondary N) is 1. The third-order valence-corrected chi connectivity index (χ3v) is 4.78. The lowest BCUT2D eigenvalue weighted by atomic mass is 10.1. The molecule has 2 fully saturated rings. The van der Waals surface area contributed by atoms with Crippen LogP contribution in [0.5, 0.6) is 11.5 Å². The number of carbonyl (C=O) groups excluding carboxylic acids is 2. The standard InChI is InChI=1S/C19H27N3O5/c1-3-10-26-16-5-4-14(11-17(16)25-2)6-7-20-18(23)21-8-9-22-15(12-21)13-27-19(22)24/h4-5,11,15H,3,6-10,12-13H2,1-2H3,(H,20,23)/t15-/m1/s1. The minimum Gasteiger partial charge on any atom is -0.493 e. The smallest absolute Gasteiger partial charge is 0.410 e. The summed E-state index contributed by atoms with van der Waals surface area (Å²) in [5, 5.41) is 2.95. The molecule has 1 aromatic rings. The van der Waals surface area contributed by atoms with Gasteiger partial charge in [-0.3, -0.25) is 4.90 Å². The van der Waals surface area contributed by atoms with E-state index in [1.54, 1.807) is 16.9 Å². The molecule has 27 heavy (non-hydrogen) atoms. The molecule has 3 rings (SSSR count). The van der Waals surface area contributed by atoms with Crippen LogP contribution in [0.2, 0.25) is 0 Å². The molecule has 0 aromatic heterocycles. The number of benzene rings is 1. The first-order valence-electron chi connectivity index (χ1n) is 9.38. The number of cyclic esters (lactones) is 1. The number of hydrogen-bond acceptors (Lipinski definition) is 5. The molecule has 8 nitrogen and oxygen atoms in total. The van der Waals surface area contributed by atoms with Gasteiger partial charge in [0.15, 0.2) is 11.5 Å². The van der Waals surface area contributed by atoms with Crippen LogP contribution >= 0.6 is 0 Å². The van der Waals surface area contributed by atoms with E-state index in [1.807, 2.05) is 18.2 Å². The molecule has 8 heteroatoms. The molecule has 2 aliphatic heterocycles. The monoisotopic (exact) mass is 377 g/mol. The molecule has 148 valence electrons. The summed E-state index contributed by atoms with van der Waals surface area (Å²) in [5.41, 5.74) is 1.07. The number of rotatable bonds is 7. The number of ether oxygens (including phenoxy) is 3. The first kappa shape index (κ1) is 19.1. The van der Waals surface area contributed by atoms with E-state index in [1.165, 1.54) is 0 Å². The van der Waals surface area contributed by atoms with Crippen molar-refractivity contribution >= 4 is 12.1 Å². The fourth-order valence-electron chi connectivity index (χ4n) is 3.30. The molecule has 1 atom stereocenters. The van der Waals surface area contributed by atoms with Gasteiger partial charge in [-0.25, -0.2) is 9.59 Å². The Kier molecular flexibility index (Phi) is 6.26. The minimum atomic E-state index is -0.277. The Morgan fingerprint density at radius 2 is 2.19 bits per heavy atom. The Hall–Kier alpha value is -2.64. The van der Waals surface area contributed by atoms with Gasteiger partial charge in [0.1, 0.15) is 6.61 Å². The summed E-state index contributed by atoms with van der Waals surface area (Å²) in [6.45, 7) is 5.14. The molecule has 2 aliphatic rings. The van der Waals surface area contributed by atoms with E-state index in [2.05, 4.69) is 12.2 Å². The van der Waals surface area contributed by atoms with Crippen LogP contribution in [0.15, 0.2) is 18.2 Å². The summed E-state index contributed by atoms with van der Waals surface area (Å²) in [6, 6.07) is 5.69. The van der Waals surface area contributed by atoms with E-state index in [-0.39, 0.29) is 18.2 Å². The van der Waals surface area contributed by atoms with Gasteiger partial charge in [0.25, 0.3) is 0 Å². The third kappa shape index (κ3) is 4.56. The molecule has 0 saturated carbocycles. The number of methoxy groups -OCH3 is 1. The van der Waals surface area contributed by atoms with Gasteiger partial charge >= 0.3 is 12.1 Å². The summed E-state index contributed by atoms with van der Waals surface area (Å²) >= 11 is 0. The summed E-state index contributed by atoms with van der Waals surface area (Å²) < 4.78 is 16.1. The highest BCUT2D eigenvalue weighted by Gasteiger charge is 2.38. The molecule has 0 spiro atoms. The second kappa shape index (κ2) is 8.83. The van der Waals surface area contributed by atoms with Gasteiger partial charge in [0.2, 0.25) is 0 Å². The first-order chi connectivity index (χ1) is 13.1. The van der Waals surface area contributed by atoms with Crippen LogP contribution in [0.4, 0.5) is 9.59 Å². The van der Waals surface area contributed by atoms with Gasteiger partial charge in [-0.05, 0) is 30.5 Å². The Bertz CT molecular complexity index is 681. The van der Waals surface area contributed by atoms with E-state index >= 15 is 0 Å². The van der Waals surface area contributed by atoms with E-state index in [9.17, 15) is 9.59 Å². The largest absolute Gasteiger partial charge is 0.493 e. The lowest BCUT2D eigenvalue weighted by Gasteiger charge is -2.35. The van der Waals surface area contributed by atoms with Crippen LogP contribution in [0.3, 0.4) is 0 Å². The highest BCUT2D eigenvalue weighted by atomic mass is 16.6. The molecule has 0 radical (unpaired) electrons. The zero-order valence-corrected chi connectivity index (χ0v) is 15.9. The topological polar surface area (TPSA) is 80.3 Å². The highest BCUT2D eigenvalue weighted by molar-refractivity contribution is 5.75. The number of nitrogens with zero attached hydrogens (tertiary/aromatic N) is 2. The predicted molar refractivity (Wildman–Crippen MR) is 99.3 cm³/mol. The van der Waals surface area contributed by atoms with Crippen LogP contribution in [0.25, 0.3) is 0 Å². The molecule has 2 heterocycles. The molecule has 1 N–H and O–H groups in total. The van der Waals surface area contributed by atoms with E-state index < -0.39 is 0 Å². The summed E-state index contributed by atoms with van der Waals surface area (Å²) in [6.07, 6.45) is 1.35. The molecular formula is C19H27N3O5. The van der Waals surface area contributed by atoms with Crippen molar-refractivity contribution in [3.63, 3.8) is 0 Å². The van der Waals surface area contributed by atoms with Gasteiger partial charge in [-0.15, -0.1) is 0 Å². The highest BCUT2D eigenvalue weighted by Crippen LogP contribution is 2.28. The second-order valence-corrected chi connectivity index (χ2v) is 6.69. The van der Waals surface area contributed by atoms with Crippen molar-refractivity contribution in [3.05, 3.63) is 23.8 Å². The molecule has 0 bridgehead atoms. The Balaban J connectivity index is 1.46. The van der Waals surface area contributed by atoms with Crippen molar-refractivity contribution in [2.24, 2.45) is 0 Å². The molecule has 0 aliphatic carbocycles. The van der Waals surface area contributed by atoms with Gasteiger partial charge in [-0.2, -0.15) is 0 Å². The molecular weight excluding hydrogens is 350 g/mol. The van der Waals surface area contributed by atoms with Crippen LogP contribution in [-0.2, 0) is 11.2 Å². The van der Waals surface area contributed by atoms with Crippen molar-refractivity contribution in [2.75, 3.05) is 46.5 Å². The number of urea groups is 1. The van der Waals surface area contributed by atoms with Crippen molar-refractivity contribution in [3.8, 4) is 11.5 Å². The van der Waals surface area contributed by atoms with Crippen molar-refractivity contribution < 1.29 is 23.8 Å². The van der Waals surface area contributed by atoms with Gasteiger partial charge < -0.3 is 24.4 Å². The lowest BCUT2D eigenvalue weighted by molar-refractivity contribution is 0.127. The predicted octanol–water partition coefficient (Wildman–Crippen LogP) is 1.87. The molecule has 2 saturated heterocycles. The summed E-state index contributed by atoms with van der Waals surface area (Å²) in [7, 11) is 1.62. The maximum Gasteiger partial charge on any atom is 0.410 e. The van der Waals surface area contributed by atoms with E-state index in [0.29, 0.717) is 51.6 Å². The van der Waals surface area contributed by atoms with E-state index in [0.717, 1.165) is 17.7 Å². The normalized spacial score (nSPS) is 18.7. The number of amides is 3. The first-order valence-corrected chi connectivity index (χ1v) is 9.38. The Morgan fingerprint density at radius 3 is 2.96 bits per heavy atom. The summed E-state index contributed by atoms with van der Waals surface area (Å²) in [4.78, 5) is 27.3. The van der Waals surface area contributed by atoms with Gasteiger partial charge in [-0.1, -0.05) is 13.0 Å². The number of carbonyl (C=O) groups is 2. The van der Waals surface area contributed by atoms with Crippen LogP contribution < -0.4 is 14.8 Å². The Morgan fingerprint density at radius 1 is 1.33 bits per heavy atom.